The van der Waals surface area contributed by atoms with Gasteiger partial charge in [-0.3, -0.25) is 0 Å². The lowest BCUT2D eigenvalue weighted by molar-refractivity contribution is -0.392. The third kappa shape index (κ3) is 1.38. The highest BCUT2D eigenvalue weighted by Gasteiger charge is 2.24. The molecule has 0 fully saturated rings. The fourth-order valence-corrected chi connectivity index (χ4v) is 0.965. The van der Waals surface area contributed by atoms with Crippen molar-refractivity contribution < 1.29 is 4.92 Å². The van der Waals surface area contributed by atoms with E-state index in [0.29, 0.717) is 0 Å². The summed E-state index contributed by atoms with van der Waals surface area (Å²) in [4.78, 5) is 9.83. The first-order valence-corrected chi connectivity index (χ1v) is 3.67. The van der Waals surface area contributed by atoms with Crippen LogP contribution in [0.2, 0.25) is 5.15 Å². The molecule has 0 bridgehead atoms. The van der Waals surface area contributed by atoms with Gasteiger partial charge in [0, 0.05) is 5.21 Å². The first-order chi connectivity index (χ1) is 5.54. The van der Waals surface area contributed by atoms with Crippen LogP contribution >= 0.6 is 11.6 Å². The second-order valence-corrected chi connectivity index (χ2v) is 2.86. The summed E-state index contributed by atoms with van der Waals surface area (Å²) in [5.41, 5.74) is 0. The Labute approximate surface area is 73.3 Å². The van der Waals surface area contributed by atoms with E-state index in [0.717, 1.165) is 0 Å². The molecule has 0 N–H and O–H groups in total. The summed E-state index contributed by atoms with van der Waals surface area (Å²) in [5, 5.41) is 17.2. The lowest BCUT2D eigenvalue weighted by Crippen LogP contribution is -2.07. The number of hydrogen-bond acceptors (Lipinski definition) is 4. The lowest BCUT2D eigenvalue weighted by Gasteiger charge is -1.99. The molecular weight excluding hydrogens is 184 g/mol. The Bertz CT molecular complexity index is 308. The minimum atomic E-state index is -0.595. The van der Waals surface area contributed by atoms with E-state index in [9.17, 15) is 10.1 Å². The fourth-order valence-electron chi connectivity index (χ4n) is 0.776. The molecule has 0 radical (unpaired) electrons. The van der Waals surface area contributed by atoms with Gasteiger partial charge in [0.15, 0.2) is 0 Å². The van der Waals surface area contributed by atoms with Crippen LogP contribution in [0.25, 0.3) is 0 Å². The van der Waals surface area contributed by atoms with E-state index in [4.69, 9.17) is 11.6 Å². The highest BCUT2D eigenvalue weighted by atomic mass is 35.5. The average Bonchev–Trinajstić information content (AvgIpc) is 2.30. The Morgan fingerprint density at radius 3 is 2.58 bits per heavy atom. The smallest absolute Gasteiger partial charge is 0.358 e. The van der Waals surface area contributed by atoms with Gasteiger partial charge in [0.1, 0.15) is 6.04 Å². The average molecular weight is 191 g/mol. The Morgan fingerprint density at radius 1 is 1.67 bits per heavy atom. The first kappa shape index (κ1) is 8.92. The minimum absolute atomic E-state index is 0.120. The number of rotatable bonds is 2. The zero-order chi connectivity index (χ0) is 9.30. The van der Waals surface area contributed by atoms with Gasteiger partial charge in [-0.05, 0) is 18.8 Å². The summed E-state index contributed by atoms with van der Waals surface area (Å²) >= 11 is 5.45. The van der Waals surface area contributed by atoms with Gasteiger partial charge in [0.05, 0.1) is 0 Å². The number of nitro groups is 1. The molecule has 0 aliphatic heterocycles. The van der Waals surface area contributed by atoms with Crippen molar-refractivity contribution in [2.45, 2.75) is 19.9 Å². The maximum absolute atomic E-state index is 10.4. The molecule has 7 heteroatoms. The molecule has 0 spiro atoms. The van der Waals surface area contributed by atoms with Gasteiger partial charge >= 0.3 is 5.82 Å². The minimum Gasteiger partial charge on any atom is -0.358 e. The van der Waals surface area contributed by atoms with E-state index in [1.807, 2.05) is 0 Å². The first-order valence-electron chi connectivity index (χ1n) is 3.29. The lowest BCUT2D eigenvalue weighted by atomic mass is 10.4. The molecule has 66 valence electrons. The predicted octanol–water partition coefficient (Wildman–Crippen LogP) is 1.42. The summed E-state index contributed by atoms with van der Waals surface area (Å²) in [7, 11) is 0. The zero-order valence-corrected chi connectivity index (χ0v) is 7.32. The molecule has 0 atom stereocenters. The van der Waals surface area contributed by atoms with Gasteiger partial charge in [-0.1, -0.05) is 16.7 Å². The summed E-state index contributed by atoms with van der Waals surface area (Å²) in [5.74, 6) is -0.258. The van der Waals surface area contributed by atoms with Gasteiger partial charge in [-0.25, -0.2) is 0 Å². The molecule has 6 nitrogen and oxygen atoms in total. The van der Waals surface area contributed by atoms with Crippen molar-refractivity contribution in [1.29, 1.82) is 0 Å². The van der Waals surface area contributed by atoms with Crippen molar-refractivity contribution in [3.8, 4) is 0 Å². The molecule has 1 rings (SSSR count). The van der Waals surface area contributed by atoms with Crippen LogP contribution < -0.4 is 0 Å². The van der Waals surface area contributed by atoms with Gasteiger partial charge in [-0.2, -0.15) is 0 Å². The van der Waals surface area contributed by atoms with Gasteiger partial charge < -0.3 is 10.1 Å². The second kappa shape index (κ2) is 3.06. The van der Waals surface area contributed by atoms with Gasteiger partial charge in [0.25, 0.3) is 5.15 Å². The SMILES string of the molecule is CC(C)n1nnc(Cl)c1[N+](=O)[O-]. The second-order valence-electron chi connectivity index (χ2n) is 2.50. The Morgan fingerprint density at radius 2 is 2.25 bits per heavy atom. The van der Waals surface area contributed by atoms with Crippen molar-refractivity contribution >= 4 is 17.4 Å². The van der Waals surface area contributed by atoms with Gasteiger partial charge in [-0.15, -0.1) is 4.68 Å². The monoisotopic (exact) mass is 190 g/mol. The summed E-state index contributed by atoms with van der Waals surface area (Å²) in [6.45, 7) is 3.52. The molecule has 0 amide bonds. The van der Waals surface area contributed by atoms with E-state index in [-0.39, 0.29) is 17.0 Å². The number of aromatic nitrogens is 3. The van der Waals surface area contributed by atoms with E-state index < -0.39 is 4.92 Å². The maximum atomic E-state index is 10.4. The van der Waals surface area contributed by atoms with Crippen LogP contribution in [-0.4, -0.2) is 19.9 Å². The van der Waals surface area contributed by atoms with E-state index in [2.05, 4.69) is 10.3 Å². The molecule has 12 heavy (non-hydrogen) atoms. The predicted molar refractivity (Wildman–Crippen MR) is 42.1 cm³/mol. The number of halogens is 1. The van der Waals surface area contributed by atoms with Crippen molar-refractivity contribution in [3.05, 3.63) is 15.3 Å². The summed E-state index contributed by atoms with van der Waals surface area (Å²) in [6, 6.07) is -0.120. The van der Waals surface area contributed by atoms with E-state index >= 15 is 0 Å². The van der Waals surface area contributed by atoms with Crippen molar-refractivity contribution in [2.24, 2.45) is 0 Å². The molecule has 0 aliphatic rings. The number of nitrogens with zero attached hydrogens (tertiary/aromatic N) is 4. The third-order valence-corrected chi connectivity index (χ3v) is 1.54. The molecule has 0 aromatic carbocycles. The molecule has 0 saturated carbocycles. The Kier molecular flexibility index (Phi) is 2.27. The maximum Gasteiger partial charge on any atom is 0.384 e. The third-order valence-electron chi connectivity index (χ3n) is 1.29. The van der Waals surface area contributed by atoms with Crippen LogP contribution in [0.3, 0.4) is 0 Å². The quantitative estimate of drug-likeness (QED) is 0.522. The van der Waals surface area contributed by atoms with Crippen LogP contribution in [-0.2, 0) is 0 Å². The fraction of sp³-hybridized carbons (Fsp3) is 0.600. The molecule has 0 saturated heterocycles. The van der Waals surface area contributed by atoms with Crippen molar-refractivity contribution in [3.63, 3.8) is 0 Å². The highest BCUT2D eigenvalue weighted by molar-refractivity contribution is 6.31. The molecule has 0 unspecified atom stereocenters. The van der Waals surface area contributed by atoms with E-state index in [1.165, 1.54) is 4.68 Å². The van der Waals surface area contributed by atoms with Crippen molar-refractivity contribution in [2.75, 3.05) is 0 Å². The number of hydrogen-bond donors (Lipinski definition) is 0. The molecule has 0 aliphatic carbocycles. The molecule has 1 aromatic rings. The highest BCUT2D eigenvalue weighted by Crippen LogP contribution is 2.23. The standard InChI is InChI=1S/C5H7ClN4O2/c1-3(2)9-5(10(11)12)4(6)7-8-9/h3H,1-2H3. The summed E-state index contributed by atoms with van der Waals surface area (Å²) in [6.07, 6.45) is 0. The summed E-state index contributed by atoms with van der Waals surface area (Å²) < 4.78 is 1.17. The van der Waals surface area contributed by atoms with Crippen LogP contribution in [0.4, 0.5) is 5.82 Å². The van der Waals surface area contributed by atoms with E-state index in [1.54, 1.807) is 13.8 Å². The van der Waals surface area contributed by atoms with Crippen LogP contribution in [0, 0.1) is 10.1 Å². The largest absolute Gasteiger partial charge is 0.384 e. The van der Waals surface area contributed by atoms with Crippen LogP contribution in [0.1, 0.15) is 19.9 Å². The van der Waals surface area contributed by atoms with Crippen LogP contribution in [0.5, 0.6) is 0 Å². The molecular formula is C5H7ClN4O2. The van der Waals surface area contributed by atoms with Gasteiger partial charge in [0.2, 0.25) is 0 Å². The molecule has 1 aromatic heterocycles. The zero-order valence-electron chi connectivity index (χ0n) is 6.56. The topological polar surface area (TPSA) is 73.8 Å². The normalized spacial score (nSPS) is 10.7. The Hall–Kier alpha value is -1.17. The Balaban J connectivity index is 3.21. The van der Waals surface area contributed by atoms with Crippen molar-refractivity contribution in [1.82, 2.24) is 15.0 Å². The molecule has 1 heterocycles. The van der Waals surface area contributed by atoms with Crippen LogP contribution in [0.15, 0.2) is 0 Å².